The van der Waals surface area contributed by atoms with E-state index < -0.39 is 0 Å². The normalized spacial score (nSPS) is 12.6. The van der Waals surface area contributed by atoms with E-state index in [2.05, 4.69) is 29.3 Å². The Kier molecular flexibility index (Phi) is 3.93. The predicted octanol–water partition coefficient (Wildman–Crippen LogP) is 2.64. The van der Waals surface area contributed by atoms with Crippen LogP contribution in [0.1, 0.15) is 17.2 Å². The molecule has 2 rings (SSSR count). The van der Waals surface area contributed by atoms with E-state index >= 15 is 0 Å². The summed E-state index contributed by atoms with van der Waals surface area (Å²) in [6, 6.07) is 8.28. The molecule has 1 aromatic heterocycles. The summed E-state index contributed by atoms with van der Waals surface area (Å²) in [5, 5.41) is 7.78. The molecule has 0 saturated carbocycles. The molecule has 0 aliphatic rings. The van der Waals surface area contributed by atoms with Crippen molar-refractivity contribution in [2.45, 2.75) is 17.3 Å². The van der Waals surface area contributed by atoms with Gasteiger partial charge in [0.05, 0.1) is 0 Å². The molecule has 3 nitrogen and oxygen atoms in total. The van der Waals surface area contributed by atoms with Gasteiger partial charge in [0, 0.05) is 11.8 Å². The molecule has 5 heteroatoms. The summed E-state index contributed by atoms with van der Waals surface area (Å²) in [7, 11) is 0. The smallest absolute Gasteiger partial charge is 0.174 e. The van der Waals surface area contributed by atoms with Gasteiger partial charge < -0.3 is 5.73 Å². The molecule has 0 aliphatic carbocycles. The van der Waals surface area contributed by atoms with Gasteiger partial charge in [-0.3, -0.25) is 0 Å². The van der Waals surface area contributed by atoms with Gasteiger partial charge in [-0.25, -0.2) is 0 Å². The molecule has 0 amide bonds. The molecular weight excluding hydrogens is 238 g/mol. The molecule has 0 bridgehead atoms. The molecule has 0 saturated heterocycles. The number of benzene rings is 1. The van der Waals surface area contributed by atoms with Crippen molar-refractivity contribution in [2.24, 2.45) is 5.73 Å². The third-order valence-corrected chi connectivity index (χ3v) is 4.29. The monoisotopic (exact) mass is 251 g/mol. The van der Waals surface area contributed by atoms with E-state index in [4.69, 9.17) is 5.73 Å². The van der Waals surface area contributed by atoms with Crippen LogP contribution in [0.4, 0.5) is 0 Å². The van der Waals surface area contributed by atoms with Crippen LogP contribution in [0.3, 0.4) is 0 Å². The minimum atomic E-state index is 0.0510. The number of hydrogen-bond acceptors (Lipinski definition) is 5. The van der Waals surface area contributed by atoms with E-state index in [0.717, 1.165) is 10.1 Å². The molecular formula is C11H13N3S2. The lowest BCUT2D eigenvalue weighted by Crippen LogP contribution is -2.14. The van der Waals surface area contributed by atoms with Crippen molar-refractivity contribution < 1.29 is 0 Å². The standard InChI is InChI=1S/C11H13N3S2/c1-8-4-2-3-5-9(8)10(12)6-15-11-14-13-7-16-11/h2-5,7,10H,6,12H2,1H3. The number of nitrogens with zero attached hydrogens (tertiary/aromatic N) is 2. The van der Waals surface area contributed by atoms with E-state index in [-0.39, 0.29) is 6.04 Å². The average Bonchev–Trinajstić information content (AvgIpc) is 2.79. The van der Waals surface area contributed by atoms with Gasteiger partial charge in [0.1, 0.15) is 5.51 Å². The zero-order valence-electron chi connectivity index (χ0n) is 8.96. The van der Waals surface area contributed by atoms with Crippen LogP contribution >= 0.6 is 23.1 Å². The van der Waals surface area contributed by atoms with E-state index in [1.54, 1.807) is 28.6 Å². The van der Waals surface area contributed by atoms with Gasteiger partial charge in [0.2, 0.25) is 0 Å². The second-order valence-electron chi connectivity index (χ2n) is 3.48. The zero-order valence-corrected chi connectivity index (χ0v) is 10.6. The van der Waals surface area contributed by atoms with E-state index in [9.17, 15) is 0 Å². The molecule has 0 radical (unpaired) electrons. The van der Waals surface area contributed by atoms with Gasteiger partial charge >= 0.3 is 0 Å². The third kappa shape index (κ3) is 2.81. The highest BCUT2D eigenvalue weighted by molar-refractivity contribution is 8.01. The molecule has 1 unspecified atom stereocenters. The third-order valence-electron chi connectivity index (χ3n) is 2.31. The fourth-order valence-electron chi connectivity index (χ4n) is 1.48. The maximum Gasteiger partial charge on any atom is 0.174 e. The second-order valence-corrected chi connectivity index (χ2v) is 5.58. The first-order chi connectivity index (χ1) is 7.77. The van der Waals surface area contributed by atoms with Gasteiger partial charge in [0.15, 0.2) is 4.34 Å². The van der Waals surface area contributed by atoms with E-state index in [0.29, 0.717) is 0 Å². The maximum atomic E-state index is 6.15. The lowest BCUT2D eigenvalue weighted by atomic mass is 10.0. The topological polar surface area (TPSA) is 51.8 Å². The average molecular weight is 251 g/mol. The van der Waals surface area contributed by atoms with Crippen LogP contribution < -0.4 is 5.73 Å². The Bertz CT molecular complexity index is 442. The Hall–Kier alpha value is -0.910. The summed E-state index contributed by atoms with van der Waals surface area (Å²) < 4.78 is 0.976. The molecule has 1 heterocycles. The van der Waals surface area contributed by atoms with Gasteiger partial charge in [-0.05, 0) is 18.1 Å². The SMILES string of the molecule is Cc1ccccc1C(N)CSc1nncs1. The van der Waals surface area contributed by atoms with Gasteiger partial charge in [-0.2, -0.15) is 0 Å². The summed E-state index contributed by atoms with van der Waals surface area (Å²) in [6.45, 7) is 2.09. The minimum Gasteiger partial charge on any atom is -0.323 e. The molecule has 1 aromatic carbocycles. The Labute approximate surface area is 103 Å². The number of thioether (sulfide) groups is 1. The predicted molar refractivity (Wildman–Crippen MR) is 68.7 cm³/mol. The highest BCUT2D eigenvalue weighted by Gasteiger charge is 2.09. The van der Waals surface area contributed by atoms with Crippen LogP contribution in [0.25, 0.3) is 0 Å². The Morgan fingerprint density at radius 3 is 2.94 bits per heavy atom. The molecule has 0 aliphatic heterocycles. The molecule has 2 N–H and O–H groups in total. The van der Waals surface area contributed by atoms with Gasteiger partial charge in [-0.1, -0.05) is 47.4 Å². The Balaban J connectivity index is 1.98. The number of hydrogen-bond donors (Lipinski definition) is 1. The van der Waals surface area contributed by atoms with Crippen molar-refractivity contribution >= 4 is 23.1 Å². The van der Waals surface area contributed by atoms with Crippen molar-refractivity contribution in [3.05, 3.63) is 40.9 Å². The highest BCUT2D eigenvalue weighted by atomic mass is 32.2. The van der Waals surface area contributed by atoms with Crippen LogP contribution in [0.2, 0.25) is 0 Å². The lowest BCUT2D eigenvalue weighted by molar-refractivity contribution is 0.821. The summed E-state index contributed by atoms with van der Waals surface area (Å²) in [6.07, 6.45) is 0. The molecule has 84 valence electrons. The van der Waals surface area contributed by atoms with Crippen LogP contribution in [0, 0.1) is 6.92 Å². The van der Waals surface area contributed by atoms with Crippen molar-refractivity contribution in [3.8, 4) is 0 Å². The summed E-state index contributed by atoms with van der Waals surface area (Å²) in [4.78, 5) is 0. The molecule has 16 heavy (non-hydrogen) atoms. The summed E-state index contributed by atoms with van der Waals surface area (Å²) in [5.74, 6) is 0.833. The largest absolute Gasteiger partial charge is 0.323 e. The number of nitrogens with two attached hydrogens (primary N) is 1. The van der Waals surface area contributed by atoms with Crippen molar-refractivity contribution in [1.82, 2.24) is 10.2 Å². The first kappa shape index (κ1) is 11.6. The van der Waals surface area contributed by atoms with Crippen LogP contribution in [0.5, 0.6) is 0 Å². The minimum absolute atomic E-state index is 0.0510. The fraction of sp³-hybridized carbons (Fsp3) is 0.273. The van der Waals surface area contributed by atoms with Crippen molar-refractivity contribution in [1.29, 1.82) is 0 Å². The zero-order chi connectivity index (χ0) is 11.4. The molecule has 0 fully saturated rings. The second kappa shape index (κ2) is 5.43. The Morgan fingerprint density at radius 1 is 1.44 bits per heavy atom. The highest BCUT2D eigenvalue weighted by Crippen LogP contribution is 2.25. The molecule has 2 aromatic rings. The van der Waals surface area contributed by atoms with Crippen molar-refractivity contribution in [3.63, 3.8) is 0 Å². The van der Waals surface area contributed by atoms with Crippen molar-refractivity contribution in [2.75, 3.05) is 5.75 Å². The van der Waals surface area contributed by atoms with E-state index in [1.165, 1.54) is 11.1 Å². The first-order valence-electron chi connectivity index (χ1n) is 4.97. The van der Waals surface area contributed by atoms with E-state index in [1.807, 2.05) is 12.1 Å². The van der Waals surface area contributed by atoms with Gasteiger partial charge in [-0.15, -0.1) is 10.2 Å². The maximum absolute atomic E-state index is 6.15. The lowest BCUT2D eigenvalue weighted by Gasteiger charge is -2.13. The quantitative estimate of drug-likeness (QED) is 0.849. The molecule has 1 atom stereocenters. The summed E-state index contributed by atoms with van der Waals surface area (Å²) in [5.41, 5.74) is 10.3. The van der Waals surface area contributed by atoms with Crippen LogP contribution in [0.15, 0.2) is 34.1 Å². The fourth-order valence-corrected chi connectivity index (χ4v) is 2.97. The van der Waals surface area contributed by atoms with Crippen LogP contribution in [-0.2, 0) is 0 Å². The molecule has 0 spiro atoms. The number of aromatic nitrogens is 2. The van der Waals surface area contributed by atoms with Crippen LogP contribution in [-0.4, -0.2) is 16.0 Å². The number of aryl methyl sites for hydroxylation is 1. The first-order valence-corrected chi connectivity index (χ1v) is 6.84. The summed E-state index contributed by atoms with van der Waals surface area (Å²) >= 11 is 3.21. The number of rotatable bonds is 4. The van der Waals surface area contributed by atoms with Gasteiger partial charge in [0.25, 0.3) is 0 Å². The Morgan fingerprint density at radius 2 is 2.25 bits per heavy atom.